The summed E-state index contributed by atoms with van der Waals surface area (Å²) in [5, 5.41) is 8.09. The highest BCUT2D eigenvalue weighted by molar-refractivity contribution is 8.00. The molecule has 1 unspecified atom stereocenters. The summed E-state index contributed by atoms with van der Waals surface area (Å²) < 4.78 is 14.6. The summed E-state index contributed by atoms with van der Waals surface area (Å²) in [6.45, 7) is 5.85. The van der Waals surface area contributed by atoms with E-state index in [0.717, 1.165) is 21.7 Å². The number of anilines is 2. The van der Waals surface area contributed by atoms with Crippen molar-refractivity contribution >= 4 is 58.5 Å². The van der Waals surface area contributed by atoms with Crippen molar-refractivity contribution in [1.82, 2.24) is 5.32 Å². The first-order valence-electron chi connectivity index (χ1n) is 13.6. The lowest BCUT2D eigenvalue weighted by Gasteiger charge is -2.17. The summed E-state index contributed by atoms with van der Waals surface area (Å²) in [6.07, 6.45) is 1.79. The topological polar surface area (TPSA) is 87.3 Å². The number of rotatable bonds is 10. The normalized spacial score (nSPS) is 11.9. The lowest BCUT2D eigenvalue weighted by atomic mass is 10.1. The van der Waals surface area contributed by atoms with E-state index in [1.807, 2.05) is 45.0 Å². The van der Waals surface area contributed by atoms with Crippen LogP contribution in [0, 0.1) is 19.7 Å². The standard InChI is InChI=1S/C34H31ClFN3O3S/c1-4-31(34(42)38-29-18-21(2)16-17-22(29)3)43-25-13-8-12-24(19-25)37-33(41)30(20-26-27(35)14-9-15-28(26)36)39-32(40)23-10-6-5-7-11-23/h5-20,31H,4H2,1-3H3,(H,37,41)(H,38,42)(H,39,40)/b30-20+. The number of thioether (sulfide) groups is 1. The average Bonchev–Trinajstić information content (AvgIpc) is 2.99. The lowest BCUT2D eigenvalue weighted by molar-refractivity contribution is -0.116. The number of aryl methyl sites for hydroxylation is 2. The molecule has 0 aliphatic rings. The zero-order chi connectivity index (χ0) is 30.9. The summed E-state index contributed by atoms with van der Waals surface area (Å²) >= 11 is 7.58. The minimum atomic E-state index is -0.676. The molecule has 9 heteroatoms. The first-order chi connectivity index (χ1) is 20.6. The molecule has 4 aromatic rings. The molecule has 3 amide bonds. The van der Waals surface area contributed by atoms with Crippen LogP contribution in [0.25, 0.3) is 6.08 Å². The second-order valence-corrected chi connectivity index (χ2v) is 11.5. The molecular formula is C34H31ClFN3O3S. The van der Waals surface area contributed by atoms with E-state index in [9.17, 15) is 18.8 Å². The van der Waals surface area contributed by atoms with E-state index in [0.29, 0.717) is 17.7 Å². The fourth-order valence-corrected chi connectivity index (χ4v) is 5.38. The maximum absolute atomic E-state index is 14.6. The number of carbonyl (C=O) groups is 3. The fourth-order valence-electron chi connectivity index (χ4n) is 4.15. The van der Waals surface area contributed by atoms with E-state index in [2.05, 4.69) is 16.0 Å². The van der Waals surface area contributed by atoms with Gasteiger partial charge in [-0.2, -0.15) is 0 Å². The Balaban J connectivity index is 1.54. The van der Waals surface area contributed by atoms with E-state index < -0.39 is 17.6 Å². The van der Waals surface area contributed by atoms with Crippen molar-refractivity contribution in [3.05, 3.63) is 130 Å². The Bertz CT molecular complexity index is 1660. The number of benzene rings is 4. The predicted molar refractivity (Wildman–Crippen MR) is 173 cm³/mol. The van der Waals surface area contributed by atoms with E-state index in [1.165, 1.54) is 36.0 Å². The van der Waals surface area contributed by atoms with Crippen LogP contribution in [-0.4, -0.2) is 23.0 Å². The Labute approximate surface area is 259 Å². The van der Waals surface area contributed by atoms with Crippen LogP contribution < -0.4 is 16.0 Å². The second kappa shape index (κ2) is 14.7. The molecule has 220 valence electrons. The molecular weight excluding hydrogens is 585 g/mol. The van der Waals surface area contributed by atoms with Crippen LogP contribution in [0.15, 0.2) is 102 Å². The molecule has 6 nitrogen and oxygen atoms in total. The molecule has 0 aromatic heterocycles. The number of hydrogen-bond donors (Lipinski definition) is 3. The molecule has 3 N–H and O–H groups in total. The van der Waals surface area contributed by atoms with Gasteiger partial charge in [0.2, 0.25) is 5.91 Å². The summed E-state index contributed by atoms with van der Waals surface area (Å²) in [7, 11) is 0. The minimum absolute atomic E-state index is 0.0346. The van der Waals surface area contributed by atoms with E-state index in [-0.39, 0.29) is 27.4 Å². The third-order valence-electron chi connectivity index (χ3n) is 6.50. The quantitative estimate of drug-likeness (QED) is 0.125. The third kappa shape index (κ3) is 8.56. The van der Waals surface area contributed by atoms with Crippen molar-refractivity contribution in [2.45, 2.75) is 37.3 Å². The monoisotopic (exact) mass is 615 g/mol. The Kier molecular flexibility index (Phi) is 10.8. The molecule has 0 bridgehead atoms. The van der Waals surface area contributed by atoms with Gasteiger partial charge >= 0.3 is 0 Å². The molecule has 0 saturated carbocycles. The van der Waals surface area contributed by atoms with Gasteiger partial charge in [0.15, 0.2) is 0 Å². The van der Waals surface area contributed by atoms with Crippen molar-refractivity contribution in [3.63, 3.8) is 0 Å². The van der Waals surface area contributed by atoms with Crippen molar-refractivity contribution in [1.29, 1.82) is 0 Å². The Morgan fingerprint density at radius 1 is 0.907 bits per heavy atom. The first kappa shape index (κ1) is 31.5. The van der Waals surface area contributed by atoms with Gasteiger partial charge in [-0.15, -0.1) is 11.8 Å². The molecule has 4 rings (SSSR count). The number of nitrogens with one attached hydrogen (secondary N) is 3. The van der Waals surface area contributed by atoms with Crippen LogP contribution in [0.4, 0.5) is 15.8 Å². The average molecular weight is 616 g/mol. The van der Waals surface area contributed by atoms with Crippen LogP contribution in [-0.2, 0) is 9.59 Å². The molecule has 4 aromatic carbocycles. The molecule has 0 fully saturated rings. The van der Waals surface area contributed by atoms with Crippen LogP contribution in [0.1, 0.15) is 40.4 Å². The van der Waals surface area contributed by atoms with Gasteiger partial charge in [-0.3, -0.25) is 14.4 Å². The van der Waals surface area contributed by atoms with E-state index >= 15 is 0 Å². The Hall–Kier alpha value is -4.40. The van der Waals surface area contributed by atoms with Crippen molar-refractivity contribution in [2.75, 3.05) is 10.6 Å². The number of halogens is 2. The van der Waals surface area contributed by atoms with Crippen LogP contribution in [0.2, 0.25) is 5.02 Å². The van der Waals surface area contributed by atoms with Gasteiger partial charge in [0.1, 0.15) is 11.5 Å². The molecule has 0 aliphatic heterocycles. The van der Waals surface area contributed by atoms with Crippen LogP contribution >= 0.6 is 23.4 Å². The fraction of sp³-hybridized carbons (Fsp3) is 0.147. The molecule has 0 aliphatic carbocycles. The summed E-state index contributed by atoms with van der Waals surface area (Å²) in [5.74, 6) is -1.98. The zero-order valence-corrected chi connectivity index (χ0v) is 25.5. The first-order valence-corrected chi connectivity index (χ1v) is 14.9. The molecule has 0 spiro atoms. The van der Waals surface area contributed by atoms with Crippen molar-refractivity contribution in [2.24, 2.45) is 0 Å². The van der Waals surface area contributed by atoms with E-state index in [4.69, 9.17) is 11.6 Å². The minimum Gasteiger partial charge on any atom is -0.325 e. The third-order valence-corrected chi connectivity index (χ3v) is 8.19. The van der Waals surface area contributed by atoms with Gasteiger partial charge in [-0.25, -0.2) is 4.39 Å². The van der Waals surface area contributed by atoms with Gasteiger partial charge in [0.05, 0.1) is 10.3 Å². The molecule has 43 heavy (non-hydrogen) atoms. The predicted octanol–water partition coefficient (Wildman–Crippen LogP) is 8.01. The highest BCUT2D eigenvalue weighted by Gasteiger charge is 2.20. The highest BCUT2D eigenvalue weighted by atomic mass is 35.5. The van der Waals surface area contributed by atoms with Crippen LogP contribution in [0.5, 0.6) is 0 Å². The maximum atomic E-state index is 14.6. The smallest absolute Gasteiger partial charge is 0.272 e. The second-order valence-electron chi connectivity index (χ2n) is 9.82. The summed E-state index contributed by atoms with van der Waals surface area (Å²) in [4.78, 5) is 40.2. The Morgan fingerprint density at radius 3 is 2.37 bits per heavy atom. The van der Waals surface area contributed by atoms with Crippen molar-refractivity contribution < 1.29 is 18.8 Å². The number of hydrogen-bond acceptors (Lipinski definition) is 4. The lowest BCUT2D eigenvalue weighted by Crippen LogP contribution is -2.30. The summed E-state index contributed by atoms with van der Waals surface area (Å²) in [6, 6.07) is 25.4. The molecule has 0 saturated heterocycles. The number of carbonyl (C=O) groups excluding carboxylic acids is 3. The van der Waals surface area contributed by atoms with Crippen LogP contribution in [0.3, 0.4) is 0 Å². The Morgan fingerprint density at radius 2 is 1.65 bits per heavy atom. The van der Waals surface area contributed by atoms with Gasteiger partial charge in [-0.05, 0) is 86.0 Å². The molecule has 0 radical (unpaired) electrons. The van der Waals surface area contributed by atoms with E-state index in [1.54, 1.807) is 48.5 Å². The van der Waals surface area contributed by atoms with Gasteiger partial charge in [-0.1, -0.05) is 61.0 Å². The largest absolute Gasteiger partial charge is 0.325 e. The van der Waals surface area contributed by atoms with Gasteiger partial charge in [0.25, 0.3) is 11.8 Å². The summed E-state index contributed by atoms with van der Waals surface area (Å²) in [5.41, 5.74) is 3.32. The van der Waals surface area contributed by atoms with Crippen molar-refractivity contribution in [3.8, 4) is 0 Å². The van der Waals surface area contributed by atoms with Gasteiger partial charge in [0, 0.05) is 27.4 Å². The SMILES string of the molecule is CCC(Sc1cccc(NC(=O)/C(=C\c2c(F)cccc2Cl)NC(=O)c2ccccc2)c1)C(=O)Nc1cc(C)ccc1C. The number of amides is 3. The zero-order valence-electron chi connectivity index (χ0n) is 23.9. The maximum Gasteiger partial charge on any atom is 0.272 e. The molecule has 1 atom stereocenters. The van der Waals surface area contributed by atoms with Gasteiger partial charge < -0.3 is 16.0 Å². The highest BCUT2D eigenvalue weighted by Crippen LogP contribution is 2.29. The molecule has 0 heterocycles.